The minimum atomic E-state index is 0.339. The Labute approximate surface area is 79.4 Å². The van der Waals surface area contributed by atoms with Crippen molar-refractivity contribution in [1.82, 2.24) is 9.78 Å². The van der Waals surface area contributed by atoms with Crippen LogP contribution in [0.2, 0.25) is 0 Å². The van der Waals surface area contributed by atoms with Crippen LogP contribution in [0.25, 0.3) is 0 Å². The van der Waals surface area contributed by atoms with Crippen LogP contribution in [0.3, 0.4) is 0 Å². The minimum absolute atomic E-state index is 0.339. The first-order valence-electron chi connectivity index (χ1n) is 4.88. The monoisotopic (exact) mass is 182 g/mol. The van der Waals surface area contributed by atoms with E-state index < -0.39 is 0 Å². The summed E-state index contributed by atoms with van der Waals surface area (Å²) in [5.74, 6) is 0.711. The normalized spacial score (nSPS) is 13.2. The third-order valence-corrected chi connectivity index (χ3v) is 2.58. The van der Waals surface area contributed by atoms with E-state index in [0.29, 0.717) is 11.7 Å². The summed E-state index contributed by atoms with van der Waals surface area (Å²) in [5, 5.41) is 14.1. The zero-order valence-electron chi connectivity index (χ0n) is 8.83. The summed E-state index contributed by atoms with van der Waals surface area (Å²) >= 11 is 0. The zero-order valence-corrected chi connectivity index (χ0v) is 8.83. The molecule has 0 saturated carbocycles. The zero-order chi connectivity index (χ0) is 10.0. The Morgan fingerprint density at radius 1 is 1.46 bits per heavy atom. The average Bonchev–Trinajstić information content (AvgIpc) is 2.43. The molecule has 13 heavy (non-hydrogen) atoms. The third kappa shape index (κ3) is 1.69. The molecule has 0 bridgehead atoms. The molecule has 0 radical (unpaired) electrons. The second kappa shape index (κ2) is 3.81. The van der Waals surface area contributed by atoms with E-state index in [4.69, 9.17) is 0 Å². The van der Waals surface area contributed by atoms with Crippen LogP contribution in [0.1, 0.15) is 44.5 Å². The van der Waals surface area contributed by atoms with Crippen molar-refractivity contribution in [2.24, 2.45) is 0 Å². The van der Waals surface area contributed by atoms with Gasteiger partial charge in [0.25, 0.3) is 0 Å². The van der Waals surface area contributed by atoms with Gasteiger partial charge < -0.3 is 5.11 Å². The molecule has 0 aliphatic carbocycles. The molecular weight excluding hydrogens is 164 g/mol. The molecule has 1 heterocycles. The highest BCUT2D eigenvalue weighted by Gasteiger charge is 2.16. The second-order valence-corrected chi connectivity index (χ2v) is 3.44. The van der Waals surface area contributed by atoms with E-state index in [-0.39, 0.29) is 0 Å². The van der Waals surface area contributed by atoms with Crippen LogP contribution in [0.4, 0.5) is 0 Å². The van der Waals surface area contributed by atoms with Crippen molar-refractivity contribution in [2.75, 3.05) is 0 Å². The fraction of sp³-hybridized carbons (Fsp3) is 0.700. The minimum Gasteiger partial charge on any atom is -0.504 e. The lowest BCUT2D eigenvalue weighted by atomic mass is 10.0. The third-order valence-electron chi connectivity index (χ3n) is 2.58. The molecule has 1 aromatic heterocycles. The first-order valence-corrected chi connectivity index (χ1v) is 4.88. The maximum atomic E-state index is 9.77. The molecule has 0 fully saturated rings. The summed E-state index contributed by atoms with van der Waals surface area (Å²) < 4.78 is 1.84. The Balaban J connectivity index is 3.09. The van der Waals surface area contributed by atoms with Gasteiger partial charge in [0.05, 0.1) is 5.69 Å². The summed E-state index contributed by atoms with van der Waals surface area (Å²) in [5.41, 5.74) is 1.71. The van der Waals surface area contributed by atoms with E-state index in [9.17, 15) is 5.11 Å². The number of aromatic hydroxyl groups is 1. The summed E-state index contributed by atoms with van der Waals surface area (Å²) in [7, 11) is 0. The fourth-order valence-electron chi connectivity index (χ4n) is 1.39. The van der Waals surface area contributed by atoms with Crippen molar-refractivity contribution in [2.45, 2.75) is 46.6 Å². The maximum Gasteiger partial charge on any atom is 0.160 e. The van der Waals surface area contributed by atoms with Gasteiger partial charge in [-0.25, -0.2) is 0 Å². The van der Waals surface area contributed by atoms with Gasteiger partial charge in [-0.05, 0) is 20.3 Å². The van der Waals surface area contributed by atoms with E-state index in [0.717, 1.165) is 24.4 Å². The topological polar surface area (TPSA) is 38.0 Å². The largest absolute Gasteiger partial charge is 0.504 e. The van der Waals surface area contributed by atoms with Crippen molar-refractivity contribution >= 4 is 0 Å². The van der Waals surface area contributed by atoms with Crippen LogP contribution in [0, 0.1) is 6.92 Å². The maximum absolute atomic E-state index is 9.77. The van der Waals surface area contributed by atoms with Gasteiger partial charge in [-0.15, -0.1) is 0 Å². The lowest BCUT2D eigenvalue weighted by Gasteiger charge is -2.03. The van der Waals surface area contributed by atoms with Crippen LogP contribution >= 0.6 is 0 Å². The SMILES string of the molecule is CCC(C)c1nn(CC)c(C)c1O. The summed E-state index contributed by atoms with van der Waals surface area (Å²) in [6.45, 7) is 8.93. The number of aromatic nitrogens is 2. The molecule has 0 amide bonds. The van der Waals surface area contributed by atoms with Gasteiger partial charge in [0.2, 0.25) is 0 Å². The molecule has 3 heteroatoms. The van der Waals surface area contributed by atoms with Gasteiger partial charge in [0.1, 0.15) is 5.69 Å². The van der Waals surface area contributed by atoms with Gasteiger partial charge in [-0.1, -0.05) is 13.8 Å². The number of rotatable bonds is 3. The molecule has 1 aromatic rings. The molecule has 1 unspecified atom stereocenters. The Morgan fingerprint density at radius 3 is 2.46 bits per heavy atom. The molecule has 0 aliphatic rings. The molecule has 3 nitrogen and oxygen atoms in total. The molecule has 0 aromatic carbocycles. The van der Waals surface area contributed by atoms with Gasteiger partial charge in [0, 0.05) is 12.5 Å². The molecule has 1 atom stereocenters. The average molecular weight is 182 g/mol. The second-order valence-electron chi connectivity index (χ2n) is 3.44. The predicted molar refractivity (Wildman–Crippen MR) is 53.0 cm³/mol. The lowest BCUT2D eigenvalue weighted by molar-refractivity contribution is 0.457. The summed E-state index contributed by atoms with van der Waals surface area (Å²) in [6.07, 6.45) is 1.01. The highest BCUT2D eigenvalue weighted by molar-refractivity contribution is 5.33. The number of hydrogen-bond donors (Lipinski definition) is 1. The van der Waals surface area contributed by atoms with Crippen molar-refractivity contribution in [1.29, 1.82) is 0 Å². The molecule has 74 valence electrons. The smallest absolute Gasteiger partial charge is 0.160 e. The van der Waals surface area contributed by atoms with Crippen LogP contribution in [0.15, 0.2) is 0 Å². The van der Waals surface area contributed by atoms with Gasteiger partial charge in [-0.2, -0.15) is 5.10 Å². The van der Waals surface area contributed by atoms with Gasteiger partial charge in [-0.3, -0.25) is 4.68 Å². The van der Waals surface area contributed by atoms with Crippen LogP contribution in [-0.2, 0) is 6.54 Å². The lowest BCUT2D eigenvalue weighted by Crippen LogP contribution is -2.00. The summed E-state index contributed by atoms with van der Waals surface area (Å²) in [6, 6.07) is 0. The van der Waals surface area contributed by atoms with Crippen molar-refractivity contribution in [3.05, 3.63) is 11.4 Å². The van der Waals surface area contributed by atoms with E-state index in [1.165, 1.54) is 0 Å². The van der Waals surface area contributed by atoms with E-state index in [1.807, 2.05) is 18.5 Å². The quantitative estimate of drug-likeness (QED) is 0.779. The van der Waals surface area contributed by atoms with E-state index >= 15 is 0 Å². The number of nitrogens with zero attached hydrogens (tertiary/aromatic N) is 2. The molecule has 0 spiro atoms. The standard InChI is InChI=1S/C10H18N2O/c1-5-7(3)9-10(13)8(4)12(6-2)11-9/h7,13H,5-6H2,1-4H3. The summed E-state index contributed by atoms with van der Waals surface area (Å²) in [4.78, 5) is 0. The molecular formula is C10H18N2O. The van der Waals surface area contributed by atoms with E-state index in [1.54, 1.807) is 0 Å². The Hall–Kier alpha value is -0.990. The van der Waals surface area contributed by atoms with Crippen molar-refractivity contribution in [3.8, 4) is 5.75 Å². The highest BCUT2D eigenvalue weighted by atomic mass is 16.3. The van der Waals surface area contributed by atoms with Crippen LogP contribution < -0.4 is 0 Å². The first-order chi connectivity index (χ1) is 6.11. The molecule has 0 saturated heterocycles. The van der Waals surface area contributed by atoms with Crippen molar-refractivity contribution < 1.29 is 5.11 Å². The Morgan fingerprint density at radius 2 is 2.08 bits per heavy atom. The number of hydrogen-bond acceptors (Lipinski definition) is 2. The predicted octanol–water partition coefficient (Wildman–Crippen LogP) is 2.43. The van der Waals surface area contributed by atoms with E-state index in [2.05, 4.69) is 18.9 Å². The highest BCUT2D eigenvalue weighted by Crippen LogP contribution is 2.29. The van der Waals surface area contributed by atoms with Crippen LogP contribution in [-0.4, -0.2) is 14.9 Å². The fourth-order valence-corrected chi connectivity index (χ4v) is 1.39. The van der Waals surface area contributed by atoms with Crippen LogP contribution in [0.5, 0.6) is 5.75 Å². The molecule has 1 rings (SSSR count). The number of aryl methyl sites for hydroxylation is 1. The van der Waals surface area contributed by atoms with Gasteiger partial charge in [0.15, 0.2) is 5.75 Å². The Bertz CT molecular complexity index is 291. The first kappa shape index (κ1) is 10.1. The molecule has 1 N–H and O–H groups in total. The van der Waals surface area contributed by atoms with Crippen molar-refractivity contribution in [3.63, 3.8) is 0 Å². The Kier molecular flexibility index (Phi) is 2.96. The van der Waals surface area contributed by atoms with Gasteiger partial charge >= 0.3 is 0 Å². The molecule has 0 aliphatic heterocycles.